The summed E-state index contributed by atoms with van der Waals surface area (Å²) in [4.78, 5) is 21.9. The van der Waals surface area contributed by atoms with Crippen molar-refractivity contribution < 1.29 is 14.7 Å². The molecule has 0 fully saturated rings. The van der Waals surface area contributed by atoms with Crippen LogP contribution in [-0.2, 0) is 4.79 Å². The minimum Gasteiger partial charge on any atom is -0.480 e. The van der Waals surface area contributed by atoms with Gasteiger partial charge in [-0.05, 0) is 19.6 Å². The van der Waals surface area contributed by atoms with E-state index < -0.39 is 17.5 Å². The van der Waals surface area contributed by atoms with Crippen LogP contribution < -0.4 is 10.6 Å². The van der Waals surface area contributed by atoms with Crippen molar-refractivity contribution in [3.05, 3.63) is 0 Å². The molecule has 5 nitrogen and oxygen atoms in total. The SMILES string of the molecule is CCSCCNC(=O)NC(C)(C)C(=O)O. The van der Waals surface area contributed by atoms with Crippen molar-refractivity contribution in [1.29, 1.82) is 0 Å². The maximum atomic E-state index is 11.2. The first kappa shape index (κ1) is 14.1. The molecule has 0 unspecified atom stereocenters. The molecular weight excluding hydrogens is 216 g/mol. The number of aliphatic carboxylic acids is 1. The first-order chi connectivity index (χ1) is 6.90. The van der Waals surface area contributed by atoms with Crippen LogP contribution in [0, 0.1) is 0 Å². The number of urea groups is 1. The van der Waals surface area contributed by atoms with Gasteiger partial charge >= 0.3 is 12.0 Å². The largest absolute Gasteiger partial charge is 0.480 e. The summed E-state index contributed by atoms with van der Waals surface area (Å²) in [6.45, 7) is 5.46. The summed E-state index contributed by atoms with van der Waals surface area (Å²) in [6.07, 6.45) is 0. The number of carbonyl (C=O) groups is 2. The van der Waals surface area contributed by atoms with E-state index in [1.165, 1.54) is 13.8 Å². The number of carboxylic acid groups (broad SMARTS) is 1. The van der Waals surface area contributed by atoms with Crippen LogP contribution in [0.15, 0.2) is 0 Å². The van der Waals surface area contributed by atoms with Crippen molar-refractivity contribution in [2.75, 3.05) is 18.1 Å². The van der Waals surface area contributed by atoms with Gasteiger partial charge in [0.05, 0.1) is 0 Å². The maximum absolute atomic E-state index is 11.2. The highest BCUT2D eigenvalue weighted by Gasteiger charge is 2.28. The summed E-state index contributed by atoms with van der Waals surface area (Å²) in [5.74, 6) is 0.780. The fourth-order valence-corrected chi connectivity index (χ4v) is 1.30. The van der Waals surface area contributed by atoms with Gasteiger partial charge in [0.2, 0.25) is 0 Å². The van der Waals surface area contributed by atoms with Gasteiger partial charge < -0.3 is 15.7 Å². The lowest BCUT2D eigenvalue weighted by atomic mass is 10.1. The molecule has 0 aromatic carbocycles. The van der Waals surface area contributed by atoms with Crippen molar-refractivity contribution in [3.8, 4) is 0 Å². The Morgan fingerprint density at radius 3 is 2.47 bits per heavy atom. The third kappa shape index (κ3) is 6.22. The molecule has 6 heteroatoms. The highest BCUT2D eigenvalue weighted by molar-refractivity contribution is 7.99. The summed E-state index contributed by atoms with van der Waals surface area (Å²) in [5, 5.41) is 13.7. The monoisotopic (exact) mass is 234 g/mol. The number of carbonyl (C=O) groups excluding carboxylic acids is 1. The Balaban J connectivity index is 3.79. The predicted molar refractivity (Wildman–Crippen MR) is 61.2 cm³/mol. The minimum atomic E-state index is -1.23. The average Bonchev–Trinajstić information content (AvgIpc) is 2.11. The Labute approximate surface area is 94.0 Å². The first-order valence-electron chi connectivity index (χ1n) is 4.77. The zero-order chi connectivity index (χ0) is 11.9. The van der Waals surface area contributed by atoms with Crippen LogP contribution in [0.1, 0.15) is 20.8 Å². The summed E-state index contributed by atoms with van der Waals surface area (Å²) in [6, 6.07) is -0.445. The molecule has 0 aromatic rings. The van der Waals surface area contributed by atoms with Gasteiger partial charge in [0, 0.05) is 12.3 Å². The van der Waals surface area contributed by atoms with Crippen LogP contribution in [0.2, 0.25) is 0 Å². The zero-order valence-corrected chi connectivity index (χ0v) is 10.1. The number of amides is 2. The van der Waals surface area contributed by atoms with Crippen molar-refractivity contribution in [2.45, 2.75) is 26.3 Å². The Morgan fingerprint density at radius 1 is 1.40 bits per heavy atom. The normalized spacial score (nSPS) is 10.9. The number of carboxylic acids is 1. The molecular formula is C9H18N2O3S. The molecule has 0 spiro atoms. The Morgan fingerprint density at radius 2 is 2.00 bits per heavy atom. The number of nitrogens with one attached hydrogen (secondary N) is 2. The summed E-state index contributed by atoms with van der Waals surface area (Å²) >= 11 is 1.72. The number of rotatable bonds is 6. The molecule has 0 radical (unpaired) electrons. The standard InChI is InChI=1S/C9H18N2O3S/c1-4-15-6-5-10-8(14)11-9(2,3)7(12)13/h4-6H2,1-3H3,(H,12,13)(H2,10,11,14). The molecule has 0 heterocycles. The lowest BCUT2D eigenvalue weighted by Gasteiger charge is -2.21. The zero-order valence-electron chi connectivity index (χ0n) is 9.29. The van der Waals surface area contributed by atoms with E-state index in [1.807, 2.05) is 6.92 Å². The van der Waals surface area contributed by atoms with Gasteiger partial charge in [-0.2, -0.15) is 11.8 Å². The van der Waals surface area contributed by atoms with Crippen LogP contribution >= 0.6 is 11.8 Å². The summed E-state index contributed by atoms with van der Waals surface area (Å²) < 4.78 is 0. The molecule has 0 saturated carbocycles. The molecule has 0 aliphatic carbocycles. The second-order valence-corrected chi connectivity index (χ2v) is 4.90. The van der Waals surface area contributed by atoms with Gasteiger partial charge in [-0.15, -0.1) is 0 Å². The molecule has 0 rings (SSSR count). The highest BCUT2D eigenvalue weighted by Crippen LogP contribution is 2.01. The Bertz CT molecular complexity index is 231. The van der Waals surface area contributed by atoms with Gasteiger partial charge in [0.15, 0.2) is 0 Å². The summed E-state index contributed by atoms with van der Waals surface area (Å²) in [7, 11) is 0. The van der Waals surface area contributed by atoms with Crippen molar-refractivity contribution in [1.82, 2.24) is 10.6 Å². The lowest BCUT2D eigenvalue weighted by Crippen LogP contribution is -2.53. The highest BCUT2D eigenvalue weighted by atomic mass is 32.2. The topological polar surface area (TPSA) is 78.4 Å². The van der Waals surface area contributed by atoms with Crippen molar-refractivity contribution in [2.24, 2.45) is 0 Å². The molecule has 0 aliphatic heterocycles. The van der Waals surface area contributed by atoms with Crippen molar-refractivity contribution in [3.63, 3.8) is 0 Å². The van der Waals surface area contributed by atoms with E-state index in [0.29, 0.717) is 6.54 Å². The van der Waals surface area contributed by atoms with Gasteiger partial charge in [0.1, 0.15) is 5.54 Å². The third-order valence-electron chi connectivity index (χ3n) is 1.70. The third-order valence-corrected chi connectivity index (χ3v) is 2.60. The molecule has 0 aliphatic rings. The van der Waals surface area contributed by atoms with Gasteiger partial charge in [-0.25, -0.2) is 9.59 Å². The summed E-state index contributed by atoms with van der Waals surface area (Å²) in [5.41, 5.74) is -1.23. The minimum absolute atomic E-state index is 0.445. The van der Waals surface area contributed by atoms with Crippen LogP contribution in [-0.4, -0.2) is 40.7 Å². The second-order valence-electron chi connectivity index (χ2n) is 3.51. The van der Waals surface area contributed by atoms with E-state index in [-0.39, 0.29) is 0 Å². The second kappa shape index (κ2) is 6.55. The Kier molecular flexibility index (Phi) is 6.15. The molecule has 0 aromatic heterocycles. The van der Waals surface area contributed by atoms with Crippen LogP contribution in [0.3, 0.4) is 0 Å². The van der Waals surface area contributed by atoms with E-state index >= 15 is 0 Å². The van der Waals surface area contributed by atoms with Crippen molar-refractivity contribution >= 4 is 23.8 Å². The van der Waals surface area contributed by atoms with Gasteiger partial charge in [-0.3, -0.25) is 0 Å². The number of hydrogen-bond acceptors (Lipinski definition) is 3. The smallest absolute Gasteiger partial charge is 0.328 e. The number of thioether (sulfide) groups is 1. The van der Waals surface area contributed by atoms with Crippen LogP contribution in [0.25, 0.3) is 0 Å². The maximum Gasteiger partial charge on any atom is 0.328 e. The van der Waals surface area contributed by atoms with Gasteiger partial charge in [-0.1, -0.05) is 6.92 Å². The molecule has 3 N–H and O–H groups in total. The molecule has 2 amide bonds. The Hall–Kier alpha value is -0.910. The first-order valence-corrected chi connectivity index (χ1v) is 5.92. The van der Waals surface area contributed by atoms with E-state index in [1.54, 1.807) is 11.8 Å². The fraction of sp³-hybridized carbons (Fsp3) is 0.778. The molecule has 15 heavy (non-hydrogen) atoms. The van der Waals surface area contributed by atoms with E-state index in [9.17, 15) is 9.59 Å². The van der Waals surface area contributed by atoms with E-state index in [4.69, 9.17) is 5.11 Å². The van der Waals surface area contributed by atoms with E-state index in [0.717, 1.165) is 11.5 Å². The molecule has 0 bridgehead atoms. The van der Waals surface area contributed by atoms with Gasteiger partial charge in [0.25, 0.3) is 0 Å². The molecule has 0 saturated heterocycles. The predicted octanol–water partition coefficient (Wildman–Crippen LogP) is 0.902. The molecule has 88 valence electrons. The fourth-order valence-electron chi connectivity index (χ4n) is 0.763. The van der Waals surface area contributed by atoms with Crippen LogP contribution in [0.5, 0.6) is 0 Å². The number of hydrogen-bond donors (Lipinski definition) is 3. The lowest BCUT2D eigenvalue weighted by molar-refractivity contribution is -0.142. The van der Waals surface area contributed by atoms with E-state index in [2.05, 4.69) is 10.6 Å². The quantitative estimate of drug-likeness (QED) is 0.597. The van der Waals surface area contributed by atoms with Crippen LogP contribution in [0.4, 0.5) is 4.79 Å². The molecule has 0 atom stereocenters. The average molecular weight is 234 g/mol.